The highest BCUT2D eigenvalue weighted by Gasteiger charge is 2.49. The number of carbonyl (C=O) groups excluding carboxylic acids is 1. The summed E-state index contributed by atoms with van der Waals surface area (Å²) in [5.74, 6) is -0.0277. The number of hydrogen-bond acceptors (Lipinski definition) is 7. The number of aryl methyl sites for hydroxylation is 1. The molecule has 3 aliphatic rings. The molecule has 1 amide bonds. The first kappa shape index (κ1) is 32.8. The van der Waals surface area contributed by atoms with Crippen molar-refractivity contribution in [3.05, 3.63) is 102 Å². The molecule has 4 aromatic rings. The van der Waals surface area contributed by atoms with Crippen LogP contribution in [-0.2, 0) is 16.9 Å². The number of amides is 1. The summed E-state index contributed by atoms with van der Waals surface area (Å²) in [6, 6.07) is 23.9. The number of anilines is 1. The quantitative estimate of drug-likeness (QED) is 0.231. The van der Waals surface area contributed by atoms with Crippen LogP contribution in [0.15, 0.2) is 79.1 Å². The molecule has 0 spiro atoms. The number of nitrogens with two attached hydrogens (primary N) is 1. The average molecular weight is 633 g/mol. The molecule has 246 valence electrons. The van der Waals surface area contributed by atoms with Gasteiger partial charge in [0.25, 0.3) is 5.91 Å². The lowest BCUT2D eigenvalue weighted by Crippen LogP contribution is -2.49. The van der Waals surface area contributed by atoms with Crippen LogP contribution in [0.25, 0.3) is 22.3 Å². The van der Waals surface area contributed by atoms with Crippen molar-refractivity contribution < 1.29 is 9.53 Å². The number of likely N-dealkylation sites (N-methyl/N-ethyl adjacent to an activating group) is 1. The zero-order valence-electron chi connectivity index (χ0n) is 28.0. The van der Waals surface area contributed by atoms with Crippen molar-refractivity contribution in [3.8, 4) is 22.3 Å². The van der Waals surface area contributed by atoms with Gasteiger partial charge >= 0.3 is 0 Å². The molecule has 8 heteroatoms. The molecule has 1 saturated heterocycles. The zero-order chi connectivity index (χ0) is 32.8. The van der Waals surface area contributed by atoms with Gasteiger partial charge in [-0.05, 0) is 74.0 Å². The maximum absolute atomic E-state index is 11.6. The number of carbonyl (C=O) groups is 1. The Balaban J connectivity index is 0.000000185. The Morgan fingerprint density at radius 3 is 2.09 bits per heavy atom. The van der Waals surface area contributed by atoms with E-state index in [4.69, 9.17) is 10.5 Å². The van der Waals surface area contributed by atoms with E-state index in [0.717, 1.165) is 23.4 Å². The van der Waals surface area contributed by atoms with Crippen LogP contribution >= 0.6 is 0 Å². The van der Waals surface area contributed by atoms with E-state index >= 15 is 0 Å². The molecule has 8 nitrogen and oxygen atoms in total. The Kier molecular flexibility index (Phi) is 10.3. The predicted molar refractivity (Wildman–Crippen MR) is 189 cm³/mol. The van der Waals surface area contributed by atoms with Gasteiger partial charge in [-0.2, -0.15) is 0 Å². The van der Waals surface area contributed by atoms with Crippen LogP contribution in [0.2, 0.25) is 0 Å². The van der Waals surface area contributed by atoms with Crippen LogP contribution in [0.3, 0.4) is 0 Å². The number of rotatable bonds is 8. The van der Waals surface area contributed by atoms with Crippen LogP contribution in [0, 0.1) is 6.92 Å². The number of hydrogen-bond donors (Lipinski definition) is 2. The van der Waals surface area contributed by atoms with Gasteiger partial charge in [0.05, 0.1) is 18.3 Å². The fourth-order valence-corrected chi connectivity index (χ4v) is 6.76. The molecule has 2 aromatic carbocycles. The van der Waals surface area contributed by atoms with E-state index in [2.05, 4.69) is 80.7 Å². The van der Waals surface area contributed by atoms with Crippen LogP contribution < -0.4 is 11.1 Å². The number of nitrogens with one attached hydrogen (secondary N) is 1. The fourth-order valence-electron chi connectivity index (χ4n) is 6.76. The minimum absolute atomic E-state index is 0.221. The molecular weight excluding hydrogens is 584 g/mol. The number of nitrogens with zero attached hydrogens (tertiary/aromatic N) is 4. The van der Waals surface area contributed by atoms with Crippen molar-refractivity contribution in [2.45, 2.75) is 63.7 Å². The van der Waals surface area contributed by atoms with E-state index in [0.29, 0.717) is 17.2 Å². The van der Waals surface area contributed by atoms with Crippen molar-refractivity contribution >= 4 is 11.7 Å². The molecule has 1 aliphatic heterocycles. The van der Waals surface area contributed by atoms with Gasteiger partial charge in [0, 0.05) is 68.0 Å². The average Bonchev–Trinajstić information content (AvgIpc) is 3.75. The van der Waals surface area contributed by atoms with Gasteiger partial charge in [0.1, 0.15) is 5.82 Å². The van der Waals surface area contributed by atoms with E-state index in [-0.39, 0.29) is 11.7 Å². The Morgan fingerprint density at radius 1 is 0.872 bits per heavy atom. The highest BCUT2D eigenvalue weighted by atomic mass is 16.5. The van der Waals surface area contributed by atoms with Crippen LogP contribution in [0.1, 0.15) is 65.7 Å². The molecule has 0 bridgehead atoms. The van der Waals surface area contributed by atoms with Crippen LogP contribution in [0.4, 0.5) is 5.82 Å². The summed E-state index contributed by atoms with van der Waals surface area (Å²) in [6.07, 6.45) is 11.6. The lowest BCUT2D eigenvalue weighted by Gasteiger charge is -2.38. The van der Waals surface area contributed by atoms with E-state index in [1.807, 2.05) is 19.1 Å². The molecule has 2 aliphatic carbocycles. The number of pyridine rings is 2. The van der Waals surface area contributed by atoms with Crippen molar-refractivity contribution in [1.82, 2.24) is 25.1 Å². The molecule has 3 N–H and O–H groups in total. The molecule has 0 atom stereocenters. The Morgan fingerprint density at radius 2 is 1.49 bits per heavy atom. The molecule has 2 aromatic heterocycles. The summed E-state index contributed by atoms with van der Waals surface area (Å²) in [5.41, 5.74) is 14.4. The van der Waals surface area contributed by atoms with Crippen molar-refractivity contribution in [3.63, 3.8) is 0 Å². The molecular formula is C39H48N6O2. The van der Waals surface area contributed by atoms with Gasteiger partial charge in [-0.3, -0.25) is 14.7 Å². The lowest BCUT2D eigenvalue weighted by atomic mass is 9.97. The highest BCUT2D eigenvalue weighted by Crippen LogP contribution is 2.51. The number of piperazine rings is 1. The summed E-state index contributed by atoms with van der Waals surface area (Å²) in [7, 11) is 3.79. The third-order valence-corrected chi connectivity index (χ3v) is 9.96. The SMILES string of the molecule is CN1CCN(C2(c3ccc(-c4ccc(COC5CCCC5)cc4)cc3)CC2)CC1.CNC(=O)c1cc(-c2ccc(C)nc2)cnc1N. The number of nitrogen functional groups attached to an aromatic ring is 1. The summed E-state index contributed by atoms with van der Waals surface area (Å²) in [4.78, 5) is 25.0. The first-order chi connectivity index (χ1) is 22.8. The van der Waals surface area contributed by atoms with Gasteiger partial charge in [-0.25, -0.2) is 4.98 Å². The minimum atomic E-state index is -0.248. The van der Waals surface area contributed by atoms with E-state index in [1.54, 1.807) is 25.5 Å². The Labute approximate surface area is 279 Å². The second kappa shape index (κ2) is 14.8. The summed E-state index contributed by atoms with van der Waals surface area (Å²) in [6.45, 7) is 7.44. The van der Waals surface area contributed by atoms with E-state index in [1.165, 1.54) is 87.0 Å². The van der Waals surface area contributed by atoms with Crippen molar-refractivity contribution in [2.24, 2.45) is 0 Å². The van der Waals surface area contributed by atoms with Gasteiger partial charge in [0.2, 0.25) is 0 Å². The lowest BCUT2D eigenvalue weighted by molar-refractivity contribution is 0.0457. The first-order valence-corrected chi connectivity index (χ1v) is 17.0. The van der Waals surface area contributed by atoms with E-state index < -0.39 is 0 Å². The molecule has 7 rings (SSSR count). The smallest absolute Gasteiger partial charge is 0.254 e. The minimum Gasteiger partial charge on any atom is -0.383 e. The first-order valence-electron chi connectivity index (χ1n) is 17.0. The maximum atomic E-state index is 11.6. The molecule has 0 unspecified atom stereocenters. The van der Waals surface area contributed by atoms with Gasteiger partial charge in [-0.1, -0.05) is 67.4 Å². The largest absolute Gasteiger partial charge is 0.383 e. The van der Waals surface area contributed by atoms with Crippen molar-refractivity contribution in [2.75, 3.05) is 46.0 Å². The number of ether oxygens (including phenoxy) is 1. The number of benzene rings is 2. The second-order valence-corrected chi connectivity index (χ2v) is 13.2. The molecule has 3 heterocycles. The normalized spacial score (nSPS) is 17.9. The molecule has 47 heavy (non-hydrogen) atoms. The van der Waals surface area contributed by atoms with Gasteiger partial charge in [-0.15, -0.1) is 0 Å². The summed E-state index contributed by atoms with van der Waals surface area (Å²) < 4.78 is 6.05. The third kappa shape index (κ3) is 7.89. The molecule has 3 fully saturated rings. The third-order valence-electron chi connectivity index (χ3n) is 9.96. The fraction of sp³-hybridized carbons (Fsp3) is 0.410. The standard InChI is InChI=1S/C26H34N2O.C13H14N4O/c1-27-16-18-28(19-17-27)26(14-15-26)24-12-10-23(11-13-24)22-8-6-21(7-9-22)20-29-25-4-2-3-5-25;1-8-3-4-9(6-16-8)10-5-11(13(18)15-2)12(14)17-7-10/h6-13,25H,2-5,14-20H2,1H3;3-7H,1-2H3,(H2,14,17)(H,15,18). The monoisotopic (exact) mass is 632 g/mol. The topological polar surface area (TPSA) is 96.6 Å². The van der Waals surface area contributed by atoms with Crippen LogP contribution in [0.5, 0.6) is 0 Å². The second-order valence-electron chi connectivity index (χ2n) is 13.2. The number of aromatic nitrogens is 2. The summed E-state index contributed by atoms with van der Waals surface area (Å²) >= 11 is 0. The van der Waals surface area contributed by atoms with Gasteiger partial charge < -0.3 is 20.7 Å². The summed E-state index contributed by atoms with van der Waals surface area (Å²) in [5, 5.41) is 2.54. The predicted octanol–water partition coefficient (Wildman–Crippen LogP) is 6.44. The van der Waals surface area contributed by atoms with Crippen molar-refractivity contribution in [1.29, 1.82) is 0 Å². The molecule has 0 radical (unpaired) electrons. The molecule has 2 saturated carbocycles. The van der Waals surface area contributed by atoms with Crippen LogP contribution in [-0.4, -0.2) is 72.1 Å². The van der Waals surface area contributed by atoms with Gasteiger partial charge in [0.15, 0.2) is 0 Å². The zero-order valence-corrected chi connectivity index (χ0v) is 28.0. The Bertz CT molecular complexity index is 1620. The van der Waals surface area contributed by atoms with E-state index in [9.17, 15) is 4.79 Å². The maximum Gasteiger partial charge on any atom is 0.254 e. The highest BCUT2D eigenvalue weighted by molar-refractivity contribution is 5.99. The Hall–Kier alpha value is -4.11.